The summed E-state index contributed by atoms with van der Waals surface area (Å²) in [4.78, 5) is 24.9. The molecular formula is C22H22FN3O3. The van der Waals surface area contributed by atoms with Crippen molar-refractivity contribution in [1.82, 2.24) is 9.83 Å². The number of amides is 1. The molecule has 0 aliphatic carbocycles. The second kappa shape index (κ2) is 7.87. The highest BCUT2D eigenvalue weighted by atomic mass is 19.1. The van der Waals surface area contributed by atoms with E-state index < -0.39 is 17.5 Å². The van der Waals surface area contributed by atoms with Gasteiger partial charge in [-0.3, -0.25) is 4.79 Å². The van der Waals surface area contributed by atoms with Gasteiger partial charge < -0.3 is 9.14 Å². The summed E-state index contributed by atoms with van der Waals surface area (Å²) in [7, 11) is 0. The van der Waals surface area contributed by atoms with Crippen LogP contribution in [0.1, 0.15) is 48.0 Å². The summed E-state index contributed by atoms with van der Waals surface area (Å²) in [6, 6.07) is 10.9. The summed E-state index contributed by atoms with van der Waals surface area (Å²) in [6.07, 6.45) is 2.59. The molecule has 3 aromatic rings. The maximum absolute atomic E-state index is 13.2. The van der Waals surface area contributed by atoms with Crippen molar-refractivity contribution >= 4 is 23.6 Å². The van der Waals surface area contributed by atoms with Crippen molar-refractivity contribution < 1.29 is 18.7 Å². The Morgan fingerprint density at radius 1 is 1.14 bits per heavy atom. The van der Waals surface area contributed by atoms with Crippen LogP contribution >= 0.6 is 0 Å². The fraction of sp³-hybridized carbons (Fsp3) is 0.227. The minimum Gasteiger partial charge on any atom is -0.443 e. The Balaban J connectivity index is 1.96. The standard InChI is InChI=1S/C22H22FN3O3/c1-14-17(13-24-25-21(28)29-22(2,3)4)18-7-5-6-12-26(18)19(14)20(27)15-8-10-16(23)11-9-15/h5-13H,1-4H3,(H,25,28)/b24-13+. The normalized spacial score (nSPS) is 11.8. The lowest BCUT2D eigenvalue weighted by molar-refractivity contribution is 0.0529. The number of carbonyl (C=O) groups is 2. The van der Waals surface area contributed by atoms with Crippen molar-refractivity contribution in [3.05, 3.63) is 76.9 Å². The van der Waals surface area contributed by atoms with Crippen molar-refractivity contribution in [2.75, 3.05) is 0 Å². The topological polar surface area (TPSA) is 72.2 Å². The van der Waals surface area contributed by atoms with Crippen LogP contribution in [0.5, 0.6) is 0 Å². The third-order valence-electron chi connectivity index (χ3n) is 4.21. The first kappa shape index (κ1) is 20.3. The van der Waals surface area contributed by atoms with Crippen molar-refractivity contribution in [2.45, 2.75) is 33.3 Å². The third kappa shape index (κ3) is 4.51. The van der Waals surface area contributed by atoms with Crippen molar-refractivity contribution in [3.8, 4) is 0 Å². The van der Waals surface area contributed by atoms with E-state index in [0.29, 0.717) is 22.4 Å². The SMILES string of the molecule is Cc1c(/C=N/NC(=O)OC(C)(C)C)c2ccccn2c1C(=O)c1ccc(F)cc1. The summed E-state index contributed by atoms with van der Waals surface area (Å²) in [5, 5.41) is 3.97. The maximum atomic E-state index is 13.2. The van der Waals surface area contributed by atoms with Crippen LogP contribution in [0.3, 0.4) is 0 Å². The van der Waals surface area contributed by atoms with Crippen LogP contribution in [0.25, 0.3) is 5.52 Å². The summed E-state index contributed by atoms with van der Waals surface area (Å²) in [5.74, 6) is -0.636. The van der Waals surface area contributed by atoms with E-state index in [-0.39, 0.29) is 5.78 Å². The maximum Gasteiger partial charge on any atom is 0.428 e. The van der Waals surface area contributed by atoms with E-state index in [2.05, 4.69) is 10.5 Å². The van der Waals surface area contributed by atoms with Crippen LogP contribution in [-0.2, 0) is 4.74 Å². The van der Waals surface area contributed by atoms with Crippen molar-refractivity contribution in [2.24, 2.45) is 5.10 Å². The van der Waals surface area contributed by atoms with Gasteiger partial charge in [-0.05, 0) is 69.7 Å². The van der Waals surface area contributed by atoms with Gasteiger partial charge in [-0.15, -0.1) is 0 Å². The lowest BCUT2D eigenvalue weighted by Gasteiger charge is -2.18. The van der Waals surface area contributed by atoms with Crippen LogP contribution in [-0.4, -0.2) is 28.1 Å². The second-order valence-electron chi connectivity index (χ2n) is 7.55. The number of pyridine rings is 1. The van der Waals surface area contributed by atoms with Gasteiger partial charge in [0, 0.05) is 17.3 Å². The zero-order valence-electron chi connectivity index (χ0n) is 16.7. The smallest absolute Gasteiger partial charge is 0.428 e. The van der Waals surface area contributed by atoms with Crippen LogP contribution in [0.15, 0.2) is 53.8 Å². The Bertz CT molecular complexity index is 1090. The number of hydrogen-bond acceptors (Lipinski definition) is 4. The monoisotopic (exact) mass is 395 g/mol. The molecule has 0 atom stereocenters. The van der Waals surface area contributed by atoms with Gasteiger partial charge in [0.1, 0.15) is 11.4 Å². The zero-order valence-corrected chi connectivity index (χ0v) is 16.7. The number of rotatable bonds is 4. The Hall–Kier alpha value is -3.48. The van der Waals surface area contributed by atoms with Gasteiger partial charge in [-0.25, -0.2) is 14.6 Å². The molecule has 0 bridgehead atoms. The minimum absolute atomic E-state index is 0.233. The number of nitrogens with zero attached hydrogens (tertiary/aromatic N) is 2. The number of carbonyl (C=O) groups excluding carboxylic acids is 2. The van der Waals surface area contributed by atoms with Gasteiger partial charge in [-0.2, -0.15) is 5.10 Å². The molecule has 0 aliphatic heterocycles. The summed E-state index contributed by atoms with van der Waals surface area (Å²) in [5.41, 5.74) is 4.67. The van der Waals surface area contributed by atoms with Crippen LogP contribution < -0.4 is 5.43 Å². The number of fused-ring (bicyclic) bond motifs is 1. The molecule has 6 nitrogen and oxygen atoms in total. The van der Waals surface area contributed by atoms with Gasteiger partial charge in [-0.1, -0.05) is 6.07 Å². The van der Waals surface area contributed by atoms with E-state index >= 15 is 0 Å². The van der Waals surface area contributed by atoms with E-state index in [9.17, 15) is 14.0 Å². The first-order chi connectivity index (χ1) is 13.7. The number of ketones is 1. The van der Waals surface area contributed by atoms with Gasteiger partial charge in [0.05, 0.1) is 17.4 Å². The summed E-state index contributed by atoms with van der Waals surface area (Å²) < 4.78 is 20.1. The molecule has 7 heteroatoms. The first-order valence-electron chi connectivity index (χ1n) is 9.09. The highest BCUT2D eigenvalue weighted by molar-refractivity contribution is 6.11. The molecule has 0 aliphatic rings. The number of ether oxygens (including phenoxy) is 1. The Labute approximate surface area is 168 Å². The molecular weight excluding hydrogens is 373 g/mol. The predicted octanol–water partition coefficient (Wildman–Crippen LogP) is 4.48. The Kier molecular flexibility index (Phi) is 5.50. The van der Waals surface area contributed by atoms with E-state index in [4.69, 9.17) is 4.74 Å². The molecule has 2 aromatic heterocycles. The molecule has 0 unspecified atom stereocenters. The Morgan fingerprint density at radius 2 is 1.83 bits per heavy atom. The molecule has 2 heterocycles. The first-order valence-corrected chi connectivity index (χ1v) is 9.09. The highest BCUT2D eigenvalue weighted by Crippen LogP contribution is 2.24. The van der Waals surface area contributed by atoms with Gasteiger partial charge in [0.2, 0.25) is 5.78 Å². The van der Waals surface area contributed by atoms with Gasteiger partial charge in [0.25, 0.3) is 0 Å². The number of benzene rings is 1. The average molecular weight is 395 g/mol. The number of hydrogen-bond donors (Lipinski definition) is 1. The van der Waals surface area contributed by atoms with E-state index in [1.165, 1.54) is 30.5 Å². The van der Waals surface area contributed by atoms with E-state index in [1.54, 1.807) is 38.3 Å². The molecule has 29 heavy (non-hydrogen) atoms. The largest absolute Gasteiger partial charge is 0.443 e. The minimum atomic E-state index is -0.669. The highest BCUT2D eigenvalue weighted by Gasteiger charge is 2.21. The Morgan fingerprint density at radius 3 is 2.48 bits per heavy atom. The van der Waals surface area contributed by atoms with E-state index in [1.807, 2.05) is 18.2 Å². The van der Waals surface area contributed by atoms with Crippen LogP contribution in [0.4, 0.5) is 9.18 Å². The summed E-state index contributed by atoms with van der Waals surface area (Å²) in [6.45, 7) is 7.08. The summed E-state index contributed by atoms with van der Waals surface area (Å²) >= 11 is 0. The fourth-order valence-corrected chi connectivity index (χ4v) is 2.99. The fourth-order valence-electron chi connectivity index (χ4n) is 2.99. The van der Waals surface area contributed by atoms with Gasteiger partial charge in [0.15, 0.2) is 0 Å². The number of hydrazone groups is 1. The van der Waals surface area contributed by atoms with Crippen molar-refractivity contribution in [1.29, 1.82) is 0 Å². The second-order valence-corrected chi connectivity index (χ2v) is 7.55. The number of aromatic nitrogens is 1. The molecule has 1 amide bonds. The van der Waals surface area contributed by atoms with Gasteiger partial charge >= 0.3 is 6.09 Å². The quantitative estimate of drug-likeness (QED) is 0.402. The molecule has 1 aromatic carbocycles. The third-order valence-corrected chi connectivity index (χ3v) is 4.21. The lowest BCUT2D eigenvalue weighted by Crippen LogP contribution is -2.29. The molecule has 1 N–H and O–H groups in total. The molecule has 0 saturated heterocycles. The van der Waals surface area contributed by atoms with Crippen LogP contribution in [0, 0.1) is 12.7 Å². The molecule has 0 saturated carbocycles. The van der Waals surface area contributed by atoms with Crippen molar-refractivity contribution in [3.63, 3.8) is 0 Å². The number of nitrogens with one attached hydrogen (secondary N) is 1. The predicted molar refractivity (Wildman–Crippen MR) is 109 cm³/mol. The zero-order chi connectivity index (χ0) is 21.2. The molecule has 0 spiro atoms. The molecule has 150 valence electrons. The average Bonchev–Trinajstić information content (AvgIpc) is 2.92. The molecule has 3 rings (SSSR count). The lowest BCUT2D eigenvalue weighted by atomic mass is 10.0. The molecule has 0 radical (unpaired) electrons. The van der Waals surface area contributed by atoms with E-state index in [0.717, 1.165) is 5.52 Å². The van der Waals surface area contributed by atoms with Crippen LogP contribution in [0.2, 0.25) is 0 Å². The number of halogens is 1. The molecule has 0 fully saturated rings.